The van der Waals surface area contributed by atoms with Gasteiger partial charge in [0, 0.05) is 61.8 Å². The van der Waals surface area contributed by atoms with Crippen LogP contribution in [0.2, 0.25) is 5.02 Å². The van der Waals surface area contributed by atoms with Crippen molar-refractivity contribution in [1.82, 2.24) is 10.6 Å². The SMILES string of the molecule is CN=C(NCC1CC(=O)Nc2ccccc21)NCC1(c2ccccc2Cl)CCOCC1.I. The normalized spacial score (nSPS) is 19.9. The van der Waals surface area contributed by atoms with E-state index in [1.54, 1.807) is 7.05 Å². The highest BCUT2D eigenvalue weighted by molar-refractivity contribution is 14.0. The molecule has 0 saturated carbocycles. The zero-order valence-electron chi connectivity index (χ0n) is 18.2. The number of ether oxygens (including phenoxy) is 1. The van der Waals surface area contributed by atoms with E-state index in [-0.39, 0.29) is 41.2 Å². The molecule has 1 unspecified atom stereocenters. The van der Waals surface area contributed by atoms with Crippen LogP contribution in [-0.4, -0.2) is 45.2 Å². The maximum absolute atomic E-state index is 12.1. The van der Waals surface area contributed by atoms with Gasteiger partial charge in [0.25, 0.3) is 0 Å². The number of hydrogen-bond donors (Lipinski definition) is 3. The molecule has 0 aromatic heterocycles. The Kier molecular flexibility index (Phi) is 8.79. The Labute approximate surface area is 211 Å². The third-order valence-electron chi connectivity index (χ3n) is 6.34. The number of hydrogen-bond acceptors (Lipinski definition) is 3. The van der Waals surface area contributed by atoms with E-state index in [9.17, 15) is 4.79 Å². The molecule has 2 aliphatic heterocycles. The van der Waals surface area contributed by atoms with Crippen LogP contribution in [0.25, 0.3) is 0 Å². The van der Waals surface area contributed by atoms with Gasteiger partial charge < -0.3 is 20.7 Å². The van der Waals surface area contributed by atoms with Crippen LogP contribution in [0.1, 0.15) is 36.3 Å². The summed E-state index contributed by atoms with van der Waals surface area (Å²) in [5, 5.41) is 10.7. The highest BCUT2D eigenvalue weighted by Crippen LogP contribution is 2.38. The second kappa shape index (κ2) is 11.3. The third kappa shape index (κ3) is 5.55. The van der Waals surface area contributed by atoms with Crippen LogP contribution in [0, 0.1) is 0 Å². The molecular weight excluding hydrogens is 539 g/mol. The lowest BCUT2D eigenvalue weighted by molar-refractivity contribution is -0.116. The number of guanidine groups is 1. The highest BCUT2D eigenvalue weighted by atomic mass is 127. The van der Waals surface area contributed by atoms with E-state index in [0.717, 1.165) is 40.6 Å². The van der Waals surface area contributed by atoms with E-state index in [1.807, 2.05) is 36.4 Å². The van der Waals surface area contributed by atoms with Crippen LogP contribution < -0.4 is 16.0 Å². The largest absolute Gasteiger partial charge is 0.381 e. The summed E-state index contributed by atoms with van der Waals surface area (Å²) in [6.45, 7) is 2.77. The van der Waals surface area contributed by atoms with Gasteiger partial charge in [-0.25, -0.2) is 0 Å². The molecule has 0 aliphatic carbocycles. The number of halogens is 2. The lowest BCUT2D eigenvalue weighted by Crippen LogP contribution is -2.49. The van der Waals surface area contributed by atoms with Crippen LogP contribution in [0.5, 0.6) is 0 Å². The van der Waals surface area contributed by atoms with Gasteiger partial charge in [-0.2, -0.15) is 0 Å². The smallest absolute Gasteiger partial charge is 0.225 e. The monoisotopic (exact) mass is 568 g/mol. The fourth-order valence-electron chi connectivity index (χ4n) is 4.57. The number of carbonyl (C=O) groups excluding carboxylic acids is 1. The first-order valence-electron chi connectivity index (χ1n) is 10.8. The van der Waals surface area contributed by atoms with Gasteiger partial charge >= 0.3 is 0 Å². The lowest BCUT2D eigenvalue weighted by Gasteiger charge is -2.39. The molecule has 0 bridgehead atoms. The van der Waals surface area contributed by atoms with Crippen molar-refractivity contribution in [3.8, 4) is 0 Å². The maximum Gasteiger partial charge on any atom is 0.225 e. The van der Waals surface area contributed by atoms with Crippen LogP contribution in [0.15, 0.2) is 53.5 Å². The van der Waals surface area contributed by atoms with Crippen LogP contribution in [-0.2, 0) is 14.9 Å². The molecule has 1 saturated heterocycles. The van der Waals surface area contributed by atoms with Gasteiger partial charge in [-0.15, -0.1) is 24.0 Å². The van der Waals surface area contributed by atoms with Crippen molar-refractivity contribution in [2.45, 2.75) is 30.6 Å². The maximum atomic E-state index is 12.1. The van der Waals surface area contributed by atoms with Gasteiger partial charge in [-0.1, -0.05) is 48.0 Å². The number of nitrogens with one attached hydrogen (secondary N) is 3. The standard InChI is InChI=1S/C24H29ClN4O2.HI/c1-26-23(27-15-17-14-22(30)29-21-9-5-2-6-18(17)21)28-16-24(10-12-31-13-11-24)19-7-3-4-8-20(19)25;/h2-9,17H,10-16H2,1H3,(H,29,30)(H2,26,27,28);1H. The minimum absolute atomic E-state index is 0. The lowest BCUT2D eigenvalue weighted by atomic mass is 9.74. The Bertz CT molecular complexity index is 963. The van der Waals surface area contributed by atoms with E-state index in [2.05, 4.69) is 33.1 Å². The second-order valence-corrected chi connectivity index (χ2v) is 8.62. The van der Waals surface area contributed by atoms with E-state index in [4.69, 9.17) is 16.3 Å². The molecule has 2 aliphatic rings. The van der Waals surface area contributed by atoms with Gasteiger partial charge in [0.15, 0.2) is 5.96 Å². The Hall–Kier alpha value is -1.84. The number of benzene rings is 2. The molecule has 1 amide bonds. The third-order valence-corrected chi connectivity index (χ3v) is 6.66. The molecule has 3 N–H and O–H groups in total. The quantitative estimate of drug-likeness (QED) is 0.286. The van der Waals surface area contributed by atoms with Gasteiger partial charge in [0.2, 0.25) is 5.91 Å². The minimum atomic E-state index is -0.106. The average molecular weight is 569 g/mol. The van der Waals surface area contributed by atoms with Crippen molar-refractivity contribution in [1.29, 1.82) is 0 Å². The minimum Gasteiger partial charge on any atom is -0.381 e. The summed E-state index contributed by atoms with van der Waals surface area (Å²) in [5.74, 6) is 0.874. The number of para-hydroxylation sites is 1. The molecule has 8 heteroatoms. The highest BCUT2D eigenvalue weighted by Gasteiger charge is 2.36. The summed E-state index contributed by atoms with van der Waals surface area (Å²) in [5.41, 5.74) is 3.10. The van der Waals surface area contributed by atoms with Gasteiger partial charge in [-0.3, -0.25) is 9.79 Å². The molecule has 2 aromatic carbocycles. The number of anilines is 1. The predicted octanol–water partition coefficient (Wildman–Crippen LogP) is 4.30. The molecule has 2 aromatic rings. The first kappa shape index (κ1) is 24.8. The zero-order valence-corrected chi connectivity index (χ0v) is 21.3. The van der Waals surface area contributed by atoms with Crippen LogP contribution in [0.3, 0.4) is 0 Å². The summed E-state index contributed by atoms with van der Waals surface area (Å²) in [6, 6.07) is 16.0. The number of aliphatic imine (C=N–C) groups is 1. The topological polar surface area (TPSA) is 74.8 Å². The molecular formula is C24H30ClIN4O2. The summed E-state index contributed by atoms with van der Waals surface area (Å²) in [6.07, 6.45) is 2.26. The molecule has 172 valence electrons. The Morgan fingerprint density at radius 2 is 1.88 bits per heavy atom. The van der Waals surface area contributed by atoms with Crippen molar-refractivity contribution in [3.05, 3.63) is 64.7 Å². The summed E-state index contributed by atoms with van der Waals surface area (Å²) in [7, 11) is 1.77. The van der Waals surface area contributed by atoms with Gasteiger partial charge in [-0.05, 0) is 36.1 Å². The fraction of sp³-hybridized carbons (Fsp3) is 0.417. The Morgan fingerprint density at radius 1 is 1.16 bits per heavy atom. The average Bonchev–Trinajstić information content (AvgIpc) is 2.80. The van der Waals surface area contributed by atoms with Gasteiger partial charge in [0.1, 0.15) is 0 Å². The molecule has 2 heterocycles. The number of nitrogens with zero attached hydrogens (tertiary/aromatic N) is 1. The van der Waals surface area contributed by atoms with E-state index < -0.39 is 0 Å². The first-order chi connectivity index (χ1) is 15.1. The fourth-order valence-corrected chi connectivity index (χ4v) is 4.91. The number of rotatable bonds is 5. The van der Waals surface area contributed by atoms with E-state index in [1.165, 1.54) is 0 Å². The van der Waals surface area contributed by atoms with Crippen LogP contribution in [0.4, 0.5) is 5.69 Å². The van der Waals surface area contributed by atoms with Gasteiger partial charge in [0.05, 0.1) is 0 Å². The summed E-state index contributed by atoms with van der Waals surface area (Å²) >= 11 is 6.57. The molecule has 0 spiro atoms. The van der Waals surface area contributed by atoms with E-state index >= 15 is 0 Å². The summed E-state index contributed by atoms with van der Waals surface area (Å²) in [4.78, 5) is 16.5. The molecule has 4 rings (SSSR count). The molecule has 32 heavy (non-hydrogen) atoms. The summed E-state index contributed by atoms with van der Waals surface area (Å²) < 4.78 is 5.63. The van der Waals surface area contributed by atoms with Crippen LogP contribution >= 0.6 is 35.6 Å². The van der Waals surface area contributed by atoms with Crippen molar-refractivity contribution >= 4 is 53.1 Å². The molecule has 6 nitrogen and oxygen atoms in total. The Balaban J connectivity index is 0.00000289. The zero-order chi connectivity index (χ0) is 21.7. The first-order valence-corrected chi connectivity index (χ1v) is 11.2. The Morgan fingerprint density at radius 3 is 2.62 bits per heavy atom. The predicted molar refractivity (Wildman–Crippen MR) is 140 cm³/mol. The second-order valence-electron chi connectivity index (χ2n) is 8.22. The molecule has 1 atom stereocenters. The molecule has 1 fully saturated rings. The van der Waals surface area contributed by atoms with Crippen molar-refractivity contribution in [2.24, 2.45) is 4.99 Å². The van der Waals surface area contributed by atoms with Crippen molar-refractivity contribution in [2.75, 3.05) is 38.7 Å². The number of carbonyl (C=O) groups is 1. The van der Waals surface area contributed by atoms with Crippen molar-refractivity contribution in [3.63, 3.8) is 0 Å². The number of amides is 1. The van der Waals surface area contributed by atoms with Crippen molar-refractivity contribution < 1.29 is 9.53 Å². The number of fused-ring (bicyclic) bond motifs is 1. The molecule has 0 radical (unpaired) electrons. The van der Waals surface area contributed by atoms with E-state index in [0.29, 0.717) is 32.7 Å².